The predicted molar refractivity (Wildman–Crippen MR) is 98.7 cm³/mol. The summed E-state index contributed by atoms with van der Waals surface area (Å²) in [6, 6.07) is 3.96. The van der Waals surface area contributed by atoms with Gasteiger partial charge in [0, 0.05) is 25.2 Å². The standard InChI is InChI=1S/C16H25NO4.CH3NS/c1-3-20-14-7-11-5-6-17-16(12(9-18)10-19)13(11)8-15(14)21-4-2;2-1-3/h7-8,12,16-19H,3-6,9-10H2,1-2H3;1H,(H2,2,3). The Morgan fingerprint density at radius 1 is 1.25 bits per heavy atom. The van der Waals surface area contributed by atoms with E-state index in [-0.39, 0.29) is 25.2 Å². The minimum absolute atomic E-state index is 0.0508. The first kappa shape index (κ1) is 20.6. The van der Waals surface area contributed by atoms with E-state index in [1.54, 1.807) is 0 Å². The van der Waals surface area contributed by atoms with Gasteiger partial charge in [-0.1, -0.05) is 12.2 Å². The number of aliphatic hydroxyl groups is 2. The van der Waals surface area contributed by atoms with Crippen LogP contribution in [0.15, 0.2) is 12.1 Å². The highest BCUT2D eigenvalue weighted by atomic mass is 32.1. The van der Waals surface area contributed by atoms with E-state index in [2.05, 4.69) is 23.3 Å². The van der Waals surface area contributed by atoms with Crippen molar-refractivity contribution in [2.24, 2.45) is 11.7 Å². The van der Waals surface area contributed by atoms with Crippen molar-refractivity contribution in [2.75, 3.05) is 33.0 Å². The van der Waals surface area contributed by atoms with Crippen LogP contribution in [0.4, 0.5) is 0 Å². The van der Waals surface area contributed by atoms with Crippen molar-refractivity contribution in [1.82, 2.24) is 5.32 Å². The van der Waals surface area contributed by atoms with E-state index >= 15 is 0 Å². The van der Waals surface area contributed by atoms with Crippen LogP contribution < -0.4 is 20.5 Å². The van der Waals surface area contributed by atoms with Gasteiger partial charge in [0.25, 0.3) is 0 Å². The van der Waals surface area contributed by atoms with Gasteiger partial charge in [0.1, 0.15) is 0 Å². The molecule has 1 unspecified atom stereocenters. The Labute approximate surface area is 149 Å². The summed E-state index contributed by atoms with van der Waals surface area (Å²) in [7, 11) is 0. The van der Waals surface area contributed by atoms with Crippen LogP contribution in [0.3, 0.4) is 0 Å². The molecule has 0 fully saturated rings. The smallest absolute Gasteiger partial charge is 0.161 e. The molecular weight excluding hydrogens is 328 g/mol. The number of thiocarbonyl (C=S) groups is 1. The second-order valence-electron chi connectivity index (χ2n) is 5.31. The van der Waals surface area contributed by atoms with Crippen LogP contribution in [0.2, 0.25) is 0 Å². The molecule has 2 rings (SSSR count). The van der Waals surface area contributed by atoms with E-state index < -0.39 is 0 Å². The summed E-state index contributed by atoms with van der Waals surface area (Å²) in [6.45, 7) is 5.78. The van der Waals surface area contributed by atoms with Crippen molar-refractivity contribution in [1.29, 1.82) is 0 Å². The lowest BCUT2D eigenvalue weighted by Gasteiger charge is -2.32. The molecule has 1 aromatic carbocycles. The number of aliphatic hydroxyl groups excluding tert-OH is 2. The van der Waals surface area contributed by atoms with Gasteiger partial charge in [-0.25, -0.2) is 0 Å². The number of fused-ring (bicyclic) bond motifs is 1. The summed E-state index contributed by atoms with van der Waals surface area (Å²) in [5.41, 5.74) is 7.90. The maximum Gasteiger partial charge on any atom is 0.161 e. The number of hydrogen-bond donors (Lipinski definition) is 4. The van der Waals surface area contributed by atoms with E-state index in [0.717, 1.165) is 35.5 Å². The molecular formula is C17H28N2O4S. The first-order valence-electron chi connectivity index (χ1n) is 8.19. The average Bonchev–Trinajstić information content (AvgIpc) is 2.58. The van der Waals surface area contributed by atoms with Gasteiger partial charge >= 0.3 is 0 Å². The highest BCUT2D eigenvalue weighted by molar-refractivity contribution is 7.78. The summed E-state index contributed by atoms with van der Waals surface area (Å²) in [4.78, 5) is 0. The molecule has 0 saturated carbocycles. The number of nitrogens with two attached hydrogens (primary N) is 1. The van der Waals surface area contributed by atoms with Gasteiger partial charge in [-0.3, -0.25) is 0 Å². The maximum atomic E-state index is 9.46. The van der Waals surface area contributed by atoms with E-state index in [1.165, 1.54) is 5.56 Å². The zero-order chi connectivity index (χ0) is 17.9. The van der Waals surface area contributed by atoms with Gasteiger partial charge in [0.2, 0.25) is 0 Å². The fourth-order valence-corrected chi connectivity index (χ4v) is 2.82. The second kappa shape index (κ2) is 11.2. The fourth-order valence-electron chi connectivity index (χ4n) is 2.82. The molecule has 0 bridgehead atoms. The molecule has 0 aliphatic carbocycles. The number of hydrogen-bond acceptors (Lipinski definition) is 6. The highest BCUT2D eigenvalue weighted by Crippen LogP contribution is 2.37. The van der Waals surface area contributed by atoms with Crippen LogP contribution in [0.1, 0.15) is 31.0 Å². The molecule has 1 aliphatic heterocycles. The molecule has 6 nitrogen and oxygen atoms in total. The van der Waals surface area contributed by atoms with Crippen molar-refractivity contribution in [2.45, 2.75) is 26.3 Å². The van der Waals surface area contributed by atoms with Crippen LogP contribution in [0, 0.1) is 5.92 Å². The molecule has 0 aromatic heterocycles. The van der Waals surface area contributed by atoms with E-state index in [9.17, 15) is 10.2 Å². The quantitative estimate of drug-likeness (QED) is 0.545. The average molecular weight is 356 g/mol. The summed E-state index contributed by atoms with van der Waals surface area (Å²) < 4.78 is 11.3. The van der Waals surface area contributed by atoms with Gasteiger partial charge in [0.15, 0.2) is 11.5 Å². The summed E-state index contributed by atoms with van der Waals surface area (Å²) >= 11 is 4.05. The van der Waals surface area contributed by atoms with Crippen LogP contribution in [-0.4, -0.2) is 48.7 Å². The molecule has 0 radical (unpaired) electrons. The van der Waals surface area contributed by atoms with E-state index in [4.69, 9.17) is 9.47 Å². The normalized spacial score (nSPS) is 16.0. The van der Waals surface area contributed by atoms with E-state index in [1.807, 2.05) is 26.0 Å². The number of rotatable bonds is 7. The molecule has 0 saturated heterocycles. The molecule has 7 heteroatoms. The molecule has 1 aromatic rings. The third kappa shape index (κ3) is 5.31. The molecule has 1 atom stereocenters. The van der Waals surface area contributed by atoms with Crippen molar-refractivity contribution < 1.29 is 19.7 Å². The van der Waals surface area contributed by atoms with Crippen molar-refractivity contribution >= 4 is 17.7 Å². The lowest BCUT2D eigenvalue weighted by atomic mass is 9.86. The molecule has 136 valence electrons. The fraction of sp³-hybridized carbons (Fsp3) is 0.588. The summed E-state index contributed by atoms with van der Waals surface area (Å²) in [6.07, 6.45) is 0.905. The Bertz CT molecular complexity index is 510. The molecule has 0 spiro atoms. The van der Waals surface area contributed by atoms with Gasteiger partial charge < -0.3 is 30.7 Å². The van der Waals surface area contributed by atoms with Gasteiger partial charge in [-0.05, 0) is 50.1 Å². The van der Waals surface area contributed by atoms with Crippen LogP contribution >= 0.6 is 12.2 Å². The SMILES string of the molecule is CCOc1cc2c(cc1OCC)C(C(CO)CO)NCC2.NC=S. The van der Waals surface area contributed by atoms with Crippen molar-refractivity contribution in [3.63, 3.8) is 0 Å². The second-order valence-corrected chi connectivity index (χ2v) is 5.58. The summed E-state index contributed by atoms with van der Waals surface area (Å²) in [5, 5.41) is 22.3. The Morgan fingerprint density at radius 2 is 1.79 bits per heavy atom. The van der Waals surface area contributed by atoms with Crippen LogP contribution in [0.5, 0.6) is 11.5 Å². The number of ether oxygens (including phenoxy) is 2. The van der Waals surface area contributed by atoms with Gasteiger partial charge in [0.05, 0.1) is 18.7 Å². The largest absolute Gasteiger partial charge is 0.490 e. The Balaban J connectivity index is 0.000000891. The maximum absolute atomic E-state index is 9.46. The van der Waals surface area contributed by atoms with Crippen molar-refractivity contribution in [3.05, 3.63) is 23.3 Å². The van der Waals surface area contributed by atoms with Crippen LogP contribution in [0.25, 0.3) is 0 Å². The molecule has 24 heavy (non-hydrogen) atoms. The first-order chi connectivity index (χ1) is 11.7. The minimum Gasteiger partial charge on any atom is -0.490 e. The monoisotopic (exact) mass is 356 g/mol. The zero-order valence-corrected chi connectivity index (χ0v) is 15.1. The third-order valence-corrected chi connectivity index (χ3v) is 3.84. The van der Waals surface area contributed by atoms with Crippen LogP contribution in [-0.2, 0) is 6.42 Å². The van der Waals surface area contributed by atoms with Gasteiger partial charge in [-0.2, -0.15) is 0 Å². The molecule has 1 heterocycles. The first-order valence-corrected chi connectivity index (χ1v) is 8.66. The Morgan fingerprint density at radius 3 is 2.29 bits per heavy atom. The van der Waals surface area contributed by atoms with E-state index in [0.29, 0.717) is 13.2 Å². The molecule has 5 N–H and O–H groups in total. The van der Waals surface area contributed by atoms with Gasteiger partial charge in [-0.15, -0.1) is 0 Å². The molecule has 0 amide bonds. The highest BCUT2D eigenvalue weighted by Gasteiger charge is 2.28. The minimum atomic E-state index is -0.212. The Kier molecular flexibility index (Phi) is 9.63. The lowest BCUT2D eigenvalue weighted by Crippen LogP contribution is -2.37. The topological polar surface area (TPSA) is 97.0 Å². The van der Waals surface area contributed by atoms with Crippen molar-refractivity contribution in [3.8, 4) is 11.5 Å². The number of benzene rings is 1. The zero-order valence-electron chi connectivity index (χ0n) is 14.3. The Hall–Kier alpha value is -1.41. The number of nitrogens with one attached hydrogen (secondary N) is 1. The third-order valence-electron chi connectivity index (χ3n) is 3.84. The molecule has 1 aliphatic rings. The predicted octanol–water partition coefficient (Wildman–Crippen LogP) is 1.17. The summed E-state index contributed by atoms with van der Waals surface area (Å²) in [5.74, 6) is 1.28. The lowest BCUT2D eigenvalue weighted by molar-refractivity contribution is 0.117.